The topological polar surface area (TPSA) is 70.5 Å². The number of hydrogen-bond acceptors (Lipinski definition) is 3. The Kier molecular flexibility index (Phi) is 3.60. The summed E-state index contributed by atoms with van der Waals surface area (Å²) in [6, 6.07) is 2.50. The van der Waals surface area contributed by atoms with Gasteiger partial charge in [0.1, 0.15) is 6.04 Å². The molecule has 0 aromatic carbocycles. The van der Waals surface area contributed by atoms with Gasteiger partial charge in [-0.05, 0) is 26.0 Å². The number of carboxylic acid groups (broad SMARTS) is 1. The maximum absolute atomic E-state index is 11.8. The highest BCUT2D eigenvalue weighted by molar-refractivity contribution is 5.96. The molecule has 5 heteroatoms. The van der Waals surface area contributed by atoms with Gasteiger partial charge in [-0.2, -0.15) is 0 Å². The number of carboxylic acids is 1. The molecule has 5 nitrogen and oxygen atoms in total. The zero-order chi connectivity index (χ0) is 12.3. The summed E-state index contributed by atoms with van der Waals surface area (Å²) in [7, 11) is 1.46. The molecule has 0 fully saturated rings. The van der Waals surface area contributed by atoms with E-state index in [0.717, 1.165) is 5.69 Å². The number of aromatic nitrogens is 1. The van der Waals surface area contributed by atoms with Crippen LogP contribution in [-0.2, 0) is 4.79 Å². The molecule has 0 aliphatic heterocycles. The highest BCUT2D eigenvalue weighted by atomic mass is 16.4. The zero-order valence-corrected chi connectivity index (χ0v) is 9.47. The SMILES string of the molecule is Cc1ccc(C(=O)N(C)C(C)C(=O)O)cn1. The smallest absolute Gasteiger partial charge is 0.326 e. The van der Waals surface area contributed by atoms with E-state index in [1.165, 1.54) is 25.1 Å². The normalized spacial score (nSPS) is 11.9. The summed E-state index contributed by atoms with van der Waals surface area (Å²) >= 11 is 0. The fourth-order valence-electron chi connectivity index (χ4n) is 1.14. The van der Waals surface area contributed by atoms with Crippen molar-refractivity contribution >= 4 is 11.9 Å². The molecular weight excluding hydrogens is 208 g/mol. The molecule has 86 valence electrons. The molecule has 1 N–H and O–H groups in total. The molecule has 1 rings (SSSR count). The molecule has 1 aromatic heterocycles. The molecule has 0 aliphatic rings. The van der Waals surface area contributed by atoms with Gasteiger partial charge in [-0.1, -0.05) is 0 Å². The molecule has 1 aromatic rings. The van der Waals surface area contributed by atoms with E-state index < -0.39 is 12.0 Å². The predicted molar refractivity (Wildman–Crippen MR) is 58.2 cm³/mol. The number of carbonyl (C=O) groups excluding carboxylic acids is 1. The number of aliphatic carboxylic acids is 1. The summed E-state index contributed by atoms with van der Waals surface area (Å²) in [5, 5.41) is 8.78. The second-order valence-electron chi connectivity index (χ2n) is 3.62. The van der Waals surface area contributed by atoms with Crippen molar-refractivity contribution in [2.45, 2.75) is 19.9 Å². The lowest BCUT2D eigenvalue weighted by atomic mass is 10.2. The lowest BCUT2D eigenvalue weighted by molar-refractivity contribution is -0.141. The van der Waals surface area contributed by atoms with Gasteiger partial charge in [0.15, 0.2) is 0 Å². The third kappa shape index (κ3) is 2.56. The first kappa shape index (κ1) is 12.2. The molecule has 0 saturated heterocycles. The minimum absolute atomic E-state index is 0.345. The maximum atomic E-state index is 11.8. The number of hydrogen-bond donors (Lipinski definition) is 1. The summed E-state index contributed by atoms with van der Waals surface area (Å²) in [4.78, 5) is 27.7. The average molecular weight is 222 g/mol. The largest absolute Gasteiger partial charge is 0.480 e. The van der Waals surface area contributed by atoms with E-state index in [9.17, 15) is 9.59 Å². The second-order valence-corrected chi connectivity index (χ2v) is 3.62. The summed E-state index contributed by atoms with van der Waals surface area (Å²) in [5.74, 6) is -1.38. The van der Waals surface area contributed by atoms with Crippen molar-refractivity contribution in [2.75, 3.05) is 7.05 Å². The van der Waals surface area contributed by atoms with E-state index in [0.29, 0.717) is 5.56 Å². The minimum atomic E-state index is -1.03. The Morgan fingerprint density at radius 3 is 2.50 bits per heavy atom. The number of likely N-dealkylation sites (N-methyl/N-ethyl adjacent to an activating group) is 1. The predicted octanol–water partition coefficient (Wildman–Crippen LogP) is 0.935. The highest BCUT2D eigenvalue weighted by Crippen LogP contribution is 2.06. The summed E-state index contributed by atoms with van der Waals surface area (Å²) in [6.45, 7) is 3.28. The van der Waals surface area contributed by atoms with Crippen LogP contribution in [0.25, 0.3) is 0 Å². The van der Waals surface area contributed by atoms with Crippen LogP contribution in [0.5, 0.6) is 0 Å². The summed E-state index contributed by atoms with van der Waals surface area (Å²) in [6.07, 6.45) is 1.45. The highest BCUT2D eigenvalue weighted by Gasteiger charge is 2.22. The van der Waals surface area contributed by atoms with Gasteiger partial charge in [0.2, 0.25) is 0 Å². The van der Waals surface area contributed by atoms with E-state index >= 15 is 0 Å². The van der Waals surface area contributed by atoms with E-state index in [1.807, 2.05) is 6.92 Å². The number of amides is 1. The van der Waals surface area contributed by atoms with Gasteiger partial charge >= 0.3 is 5.97 Å². The quantitative estimate of drug-likeness (QED) is 0.826. The number of carbonyl (C=O) groups is 2. The summed E-state index contributed by atoms with van der Waals surface area (Å²) < 4.78 is 0. The Balaban J connectivity index is 2.86. The van der Waals surface area contributed by atoms with Crippen molar-refractivity contribution in [3.63, 3.8) is 0 Å². The molecule has 1 heterocycles. The molecule has 16 heavy (non-hydrogen) atoms. The van der Waals surface area contributed by atoms with Gasteiger partial charge in [-0.25, -0.2) is 4.79 Å². The van der Waals surface area contributed by atoms with Crippen LogP contribution in [0.1, 0.15) is 23.0 Å². The molecule has 0 saturated carbocycles. The number of nitrogens with zero attached hydrogens (tertiary/aromatic N) is 2. The molecule has 1 atom stereocenters. The molecule has 0 radical (unpaired) electrons. The van der Waals surface area contributed by atoms with E-state index in [2.05, 4.69) is 4.98 Å². The van der Waals surface area contributed by atoms with Gasteiger partial charge in [0.25, 0.3) is 5.91 Å². The molecule has 1 amide bonds. The van der Waals surface area contributed by atoms with Gasteiger partial charge < -0.3 is 10.0 Å². The van der Waals surface area contributed by atoms with Gasteiger partial charge in [-0.3, -0.25) is 9.78 Å². The maximum Gasteiger partial charge on any atom is 0.326 e. The van der Waals surface area contributed by atoms with Crippen LogP contribution >= 0.6 is 0 Å². The lowest BCUT2D eigenvalue weighted by Crippen LogP contribution is -2.40. The van der Waals surface area contributed by atoms with E-state index in [1.54, 1.807) is 12.1 Å². The molecule has 0 spiro atoms. The second kappa shape index (κ2) is 4.74. The first-order valence-electron chi connectivity index (χ1n) is 4.86. The number of rotatable bonds is 3. The lowest BCUT2D eigenvalue weighted by Gasteiger charge is -2.21. The van der Waals surface area contributed by atoms with Crippen LogP contribution in [0.15, 0.2) is 18.3 Å². The van der Waals surface area contributed by atoms with Crippen LogP contribution in [-0.4, -0.2) is 40.0 Å². The van der Waals surface area contributed by atoms with Crippen LogP contribution in [0.2, 0.25) is 0 Å². The zero-order valence-electron chi connectivity index (χ0n) is 9.47. The van der Waals surface area contributed by atoms with Gasteiger partial charge in [-0.15, -0.1) is 0 Å². The van der Waals surface area contributed by atoms with Crippen molar-refractivity contribution in [3.05, 3.63) is 29.6 Å². The van der Waals surface area contributed by atoms with Crippen LogP contribution in [0.3, 0.4) is 0 Å². The number of pyridine rings is 1. The van der Waals surface area contributed by atoms with Crippen LogP contribution in [0.4, 0.5) is 0 Å². The first-order chi connectivity index (χ1) is 7.43. The fraction of sp³-hybridized carbons (Fsp3) is 0.364. The van der Waals surface area contributed by atoms with Crippen LogP contribution in [0, 0.1) is 6.92 Å². The van der Waals surface area contributed by atoms with Gasteiger partial charge in [0, 0.05) is 18.9 Å². The third-order valence-electron chi connectivity index (χ3n) is 2.42. The average Bonchev–Trinajstić information content (AvgIpc) is 2.27. The Morgan fingerprint density at radius 2 is 2.06 bits per heavy atom. The van der Waals surface area contributed by atoms with Gasteiger partial charge in [0.05, 0.1) is 5.56 Å². The molecular formula is C11H14N2O3. The van der Waals surface area contributed by atoms with Crippen molar-refractivity contribution in [1.82, 2.24) is 9.88 Å². The Morgan fingerprint density at radius 1 is 1.44 bits per heavy atom. The number of aryl methyl sites for hydroxylation is 1. The van der Waals surface area contributed by atoms with Crippen molar-refractivity contribution in [3.8, 4) is 0 Å². The third-order valence-corrected chi connectivity index (χ3v) is 2.42. The molecule has 1 unspecified atom stereocenters. The van der Waals surface area contributed by atoms with Crippen LogP contribution < -0.4 is 0 Å². The van der Waals surface area contributed by atoms with Crippen molar-refractivity contribution < 1.29 is 14.7 Å². The monoisotopic (exact) mass is 222 g/mol. The fourth-order valence-corrected chi connectivity index (χ4v) is 1.14. The first-order valence-corrected chi connectivity index (χ1v) is 4.86. The van der Waals surface area contributed by atoms with E-state index in [-0.39, 0.29) is 5.91 Å². The minimum Gasteiger partial charge on any atom is -0.480 e. The van der Waals surface area contributed by atoms with Crippen molar-refractivity contribution in [1.29, 1.82) is 0 Å². The van der Waals surface area contributed by atoms with E-state index in [4.69, 9.17) is 5.11 Å². The molecule has 0 aliphatic carbocycles. The molecule has 0 bridgehead atoms. The Labute approximate surface area is 93.7 Å². The standard InChI is InChI=1S/C11H14N2O3/c1-7-4-5-9(6-12-7)10(14)13(3)8(2)11(15)16/h4-6,8H,1-3H3,(H,15,16). The Bertz CT molecular complexity index is 400. The van der Waals surface area contributed by atoms with Crippen molar-refractivity contribution in [2.24, 2.45) is 0 Å². The Hall–Kier alpha value is -1.91. The summed E-state index contributed by atoms with van der Waals surface area (Å²) in [5.41, 5.74) is 1.20.